The minimum atomic E-state index is -0.308. The lowest BCUT2D eigenvalue weighted by Crippen LogP contribution is -1.97. The molecular formula is C14H10BrCl2F. The van der Waals surface area contributed by atoms with Gasteiger partial charge in [-0.05, 0) is 41.8 Å². The molecule has 0 aliphatic carbocycles. The van der Waals surface area contributed by atoms with E-state index in [4.69, 9.17) is 23.2 Å². The second-order valence-electron chi connectivity index (χ2n) is 3.97. The highest BCUT2D eigenvalue weighted by Gasteiger charge is 2.12. The highest BCUT2D eigenvalue weighted by atomic mass is 79.9. The Morgan fingerprint density at radius 1 is 1.17 bits per heavy atom. The molecule has 0 heterocycles. The summed E-state index contributed by atoms with van der Waals surface area (Å²) in [7, 11) is 0. The first-order valence-corrected chi connectivity index (χ1v) is 7.00. The lowest BCUT2D eigenvalue weighted by molar-refractivity contribution is 0.623. The number of hydrogen-bond donors (Lipinski definition) is 0. The molecule has 4 heteroatoms. The first-order valence-electron chi connectivity index (χ1n) is 5.40. The van der Waals surface area contributed by atoms with Gasteiger partial charge in [0.15, 0.2) is 0 Å². The fraction of sp³-hybridized carbons (Fsp3) is 0.143. The van der Waals surface area contributed by atoms with Gasteiger partial charge in [0.2, 0.25) is 0 Å². The molecule has 1 unspecified atom stereocenters. The zero-order valence-electron chi connectivity index (χ0n) is 9.34. The molecule has 0 N–H and O–H groups in total. The monoisotopic (exact) mass is 346 g/mol. The number of rotatable bonds is 3. The van der Waals surface area contributed by atoms with Gasteiger partial charge in [-0.2, -0.15) is 0 Å². The summed E-state index contributed by atoms with van der Waals surface area (Å²) in [4.78, 5) is 0. The van der Waals surface area contributed by atoms with Crippen molar-refractivity contribution in [2.75, 3.05) is 0 Å². The van der Waals surface area contributed by atoms with E-state index in [0.717, 1.165) is 11.1 Å². The maximum atomic E-state index is 13.3. The lowest BCUT2D eigenvalue weighted by Gasteiger charge is -2.12. The Morgan fingerprint density at radius 2 is 1.89 bits per heavy atom. The molecular weight excluding hydrogens is 338 g/mol. The molecule has 0 aromatic heterocycles. The van der Waals surface area contributed by atoms with Crippen molar-refractivity contribution in [3.8, 4) is 0 Å². The predicted molar refractivity (Wildman–Crippen MR) is 77.9 cm³/mol. The zero-order chi connectivity index (χ0) is 13.1. The summed E-state index contributed by atoms with van der Waals surface area (Å²) < 4.78 is 14.0. The number of hydrogen-bond acceptors (Lipinski definition) is 0. The summed E-state index contributed by atoms with van der Waals surface area (Å²) in [5.41, 5.74) is 1.70. The Hall–Kier alpha value is -0.570. The smallest absolute Gasteiger partial charge is 0.124 e. The van der Waals surface area contributed by atoms with Crippen molar-refractivity contribution in [2.24, 2.45) is 0 Å². The van der Waals surface area contributed by atoms with E-state index >= 15 is 0 Å². The standard InChI is InChI=1S/C14H10BrCl2F/c15-11-5-10(6-12(18)8-11)14(17)7-9-3-1-2-4-13(9)16/h1-6,8,14H,7H2. The van der Waals surface area contributed by atoms with Crippen LogP contribution in [-0.2, 0) is 6.42 Å². The van der Waals surface area contributed by atoms with Gasteiger partial charge in [-0.3, -0.25) is 0 Å². The van der Waals surface area contributed by atoms with Crippen molar-refractivity contribution in [3.63, 3.8) is 0 Å². The van der Waals surface area contributed by atoms with Crippen molar-refractivity contribution in [1.82, 2.24) is 0 Å². The van der Waals surface area contributed by atoms with Gasteiger partial charge in [-0.1, -0.05) is 45.7 Å². The Bertz CT molecular complexity index is 537. The number of alkyl halides is 1. The van der Waals surface area contributed by atoms with Crippen LogP contribution in [0.5, 0.6) is 0 Å². The molecule has 0 fully saturated rings. The van der Waals surface area contributed by atoms with Crippen molar-refractivity contribution >= 4 is 39.1 Å². The van der Waals surface area contributed by atoms with E-state index in [1.165, 1.54) is 12.1 Å². The highest BCUT2D eigenvalue weighted by Crippen LogP contribution is 2.30. The van der Waals surface area contributed by atoms with Gasteiger partial charge in [0, 0.05) is 9.50 Å². The molecule has 0 amide bonds. The normalized spacial score (nSPS) is 12.4. The first-order chi connectivity index (χ1) is 8.56. The summed E-state index contributed by atoms with van der Waals surface area (Å²) in [6.07, 6.45) is 0.567. The van der Waals surface area contributed by atoms with Crippen LogP contribution in [-0.4, -0.2) is 0 Å². The largest absolute Gasteiger partial charge is 0.207 e. The molecule has 0 saturated carbocycles. The average Bonchev–Trinajstić information content (AvgIpc) is 2.31. The third-order valence-electron chi connectivity index (χ3n) is 2.60. The van der Waals surface area contributed by atoms with Crippen LogP contribution in [0.25, 0.3) is 0 Å². The second kappa shape index (κ2) is 6.05. The molecule has 94 valence electrons. The summed E-state index contributed by atoms with van der Waals surface area (Å²) in [6, 6.07) is 12.2. The summed E-state index contributed by atoms with van der Waals surface area (Å²) in [6.45, 7) is 0. The molecule has 0 aliphatic rings. The first kappa shape index (κ1) is 13.9. The third-order valence-corrected chi connectivity index (χ3v) is 3.84. The quantitative estimate of drug-likeness (QED) is 0.619. The van der Waals surface area contributed by atoms with Crippen LogP contribution in [0.1, 0.15) is 16.5 Å². The van der Waals surface area contributed by atoms with Gasteiger partial charge in [0.05, 0.1) is 5.38 Å². The Kier molecular flexibility index (Phi) is 4.66. The van der Waals surface area contributed by atoms with Crippen LogP contribution in [0.2, 0.25) is 5.02 Å². The lowest BCUT2D eigenvalue weighted by atomic mass is 10.0. The van der Waals surface area contributed by atoms with Gasteiger partial charge in [0.25, 0.3) is 0 Å². The molecule has 0 radical (unpaired) electrons. The summed E-state index contributed by atoms with van der Waals surface area (Å²) >= 11 is 15.6. The van der Waals surface area contributed by atoms with Gasteiger partial charge in [0.1, 0.15) is 5.82 Å². The molecule has 2 rings (SSSR count). The fourth-order valence-corrected chi connectivity index (χ4v) is 2.72. The van der Waals surface area contributed by atoms with Crippen LogP contribution >= 0.6 is 39.1 Å². The SMILES string of the molecule is Fc1cc(Br)cc(C(Cl)Cc2ccccc2Cl)c1. The fourth-order valence-electron chi connectivity index (χ4n) is 1.73. The van der Waals surface area contributed by atoms with E-state index in [1.807, 2.05) is 30.3 Å². The van der Waals surface area contributed by atoms with E-state index in [9.17, 15) is 4.39 Å². The topological polar surface area (TPSA) is 0 Å². The second-order valence-corrected chi connectivity index (χ2v) is 5.82. The van der Waals surface area contributed by atoms with E-state index in [-0.39, 0.29) is 11.2 Å². The molecule has 18 heavy (non-hydrogen) atoms. The summed E-state index contributed by atoms with van der Waals surface area (Å²) in [5.74, 6) is -0.302. The molecule has 2 aromatic carbocycles. The molecule has 0 nitrogen and oxygen atoms in total. The Balaban J connectivity index is 2.22. The summed E-state index contributed by atoms with van der Waals surface area (Å²) in [5, 5.41) is 0.371. The zero-order valence-corrected chi connectivity index (χ0v) is 12.4. The van der Waals surface area contributed by atoms with Crippen LogP contribution in [0.4, 0.5) is 4.39 Å². The Morgan fingerprint density at radius 3 is 2.56 bits per heavy atom. The maximum Gasteiger partial charge on any atom is 0.124 e. The molecule has 2 aromatic rings. The third kappa shape index (κ3) is 3.47. The van der Waals surface area contributed by atoms with Gasteiger partial charge >= 0.3 is 0 Å². The van der Waals surface area contributed by atoms with Gasteiger partial charge in [-0.15, -0.1) is 11.6 Å². The van der Waals surface area contributed by atoms with E-state index < -0.39 is 0 Å². The van der Waals surface area contributed by atoms with E-state index in [2.05, 4.69) is 15.9 Å². The van der Waals surface area contributed by atoms with Crippen molar-refractivity contribution in [1.29, 1.82) is 0 Å². The van der Waals surface area contributed by atoms with Crippen molar-refractivity contribution < 1.29 is 4.39 Å². The number of benzene rings is 2. The maximum absolute atomic E-state index is 13.3. The highest BCUT2D eigenvalue weighted by molar-refractivity contribution is 9.10. The van der Waals surface area contributed by atoms with Gasteiger partial charge < -0.3 is 0 Å². The van der Waals surface area contributed by atoms with E-state index in [1.54, 1.807) is 0 Å². The molecule has 0 bridgehead atoms. The molecule has 0 aliphatic heterocycles. The molecule has 1 atom stereocenters. The van der Waals surface area contributed by atoms with E-state index in [0.29, 0.717) is 15.9 Å². The molecule has 0 spiro atoms. The number of halogens is 4. The van der Waals surface area contributed by atoms with Crippen molar-refractivity contribution in [3.05, 3.63) is 68.9 Å². The minimum absolute atomic E-state index is 0.302. The molecule has 0 saturated heterocycles. The van der Waals surface area contributed by atoms with Crippen LogP contribution < -0.4 is 0 Å². The predicted octanol–water partition coefficient (Wildman–Crippen LogP) is 5.76. The average molecular weight is 348 g/mol. The van der Waals surface area contributed by atoms with Crippen LogP contribution in [0.15, 0.2) is 46.9 Å². The van der Waals surface area contributed by atoms with Crippen LogP contribution in [0.3, 0.4) is 0 Å². The van der Waals surface area contributed by atoms with Gasteiger partial charge in [-0.25, -0.2) is 4.39 Å². The van der Waals surface area contributed by atoms with Crippen molar-refractivity contribution in [2.45, 2.75) is 11.8 Å². The van der Waals surface area contributed by atoms with Crippen LogP contribution in [0, 0.1) is 5.82 Å². The Labute approximate surface area is 124 Å². The minimum Gasteiger partial charge on any atom is -0.207 e.